The lowest BCUT2D eigenvalue weighted by Gasteiger charge is -2.31. The molecule has 0 saturated heterocycles. The van der Waals surface area contributed by atoms with E-state index in [1.807, 2.05) is 0 Å². The summed E-state index contributed by atoms with van der Waals surface area (Å²) in [4.78, 5) is 80.2. The number of Topliss-reactive ketones (excluding diaryl/α,β-unsaturated/α-hetero) is 1. The lowest BCUT2D eigenvalue weighted by atomic mass is 9.81. The fourth-order valence-electron chi connectivity index (χ4n) is 7.63. The van der Waals surface area contributed by atoms with Gasteiger partial charge in [0.05, 0.1) is 48.2 Å². The van der Waals surface area contributed by atoms with Crippen molar-refractivity contribution in [3.05, 3.63) is 91.5 Å². The number of nitrogens with one attached hydrogen (secondary N) is 3. The number of aromatic nitrogens is 2. The van der Waals surface area contributed by atoms with Crippen molar-refractivity contribution in [1.29, 1.82) is 0 Å². The molecule has 0 radical (unpaired) electrons. The van der Waals surface area contributed by atoms with Crippen LogP contribution in [0.25, 0.3) is 22.3 Å². The van der Waals surface area contributed by atoms with Crippen molar-refractivity contribution in [3.63, 3.8) is 0 Å². The minimum Gasteiger partial charge on any atom is -0.458 e. The number of hydrogen-bond donors (Lipinski definition) is 4. The van der Waals surface area contributed by atoms with Crippen molar-refractivity contribution in [3.8, 4) is 11.4 Å². The Morgan fingerprint density at radius 2 is 1.88 bits per heavy atom. The van der Waals surface area contributed by atoms with Crippen LogP contribution >= 0.6 is 0 Å². The van der Waals surface area contributed by atoms with E-state index in [4.69, 9.17) is 19.2 Å². The lowest BCUT2D eigenvalue weighted by molar-refractivity contribution is -0.172. The van der Waals surface area contributed by atoms with Crippen molar-refractivity contribution in [2.45, 2.75) is 77.9 Å². The van der Waals surface area contributed by atoms with E-state index in [9.17, 15) is 33.9 Å². The van der Waals surface area contributed by atoms with E-state index >= 15 is 4.39 Å². The van der Waals surface area contributed by atoms with Crippen LogP contribution in [0, 0.1) is 12.7 Å². The van der Waals surface area contributed by atoms with E-state index in [1.54, 1.807) is 44.2 Å². The van der Waals surface area contributed by atoms with Gasteiger partial charge < -0.3 is 39.8 Å². The maximum atomic E-state index is 15.2. The third-order valence-electron chi connectivity index (χ3n) is 10.5. The number of anilines is 1. The molecule has 2 aromatic carbocycles. The first kappa shape index (κ1) is 38.3. The molecule has 4 N–H and O–H groups in total. The second-order valence-electron chi connectivity index (χ2n) is 14.1. The number of ether oxygens (including phenoxy) is 3. The van der Waals surface area contributed by atoms with Crippen molar-refractivity contribution in [2.24, 2.45) is 0 Å². The Labute approximate surface area is 319 Å². The molecule has 2 aromatic heterocycles. The molecule has 56 heavy (non-hydrogen) atoms. The Balaban J connectivity index is 0.994. The van der Waals surface area contributed by atoms with Gasteiger partial charge in [-0.3, -0.25) is 19.2 Å². The first-order valence-electron chi connectivity index (χ1n) is 18.3. The van der Waals surface area contributed by atoms with Gasteiger partial charge in [-0.1, -0.05) is 19.1 Å². The van der Waals surface area contributed by atoms with Crippen LogP contribution in [0.3, 0.4) is 0 Å². The average molecular weight is 770 g/mol. The van der Waals surface area contributed by atoms with Crippen molar-refractivity contribution in [2.75, 3.05) is 25.1 Å². The SMILES string of the molecule is CC[C@@]1(O)C(=O)OCc2c1cc1n(c2=O)Cc2c-1nc1cc(F)c(C)c3c1c2[C@@H](NC(=O)COCCC(=O)CNC(=O)OCc1ccc(NC(C)=O)cc1)CC3. The highest BCUT2D eigenvalue weighted by Crippen LogP contribution is 2.46. The average Bonchev–Trinajstić information content (AvgIpc) is 3.54. The number of halogens is 1. The summed E-state index contributed by atoms with van der Waals surface area (Å²) in [5.41, 5.74) is 2.90. The second kappa shape index (κ2) is 15.3. The molecule has 0 saturated carbocycles. The van der Waals surface area contributed by atoms with Gasteiger partial charge >= 0.3 is 12.1 Å². The Kier molecular flexibility index (Phi) is 10.4. The van der Waals surface area contributed by atoms with Gasteiger partial charge in [0.15, 0.2) is 11.4 Å². The van der Waals surface area contributed by atoms with Gasteiger partial charge in [0.25, 0.3) is 5.56 Å². The zero-order valence-corrected chi connectivity index (χ0v) is 31.0. The Morgan fingerprint density at radius 3 is 2.61 bits per heavy atom. The molecule has 0 bridgehead atoms. The van der Waals surface area contributed by atoms with Crippen LogP contribution in [0.2, 0.25) is 0 Å². The molecule has 15 nitrogen and oxygen atoms in total. The number of aryl methyl sites for hydroxylation is 1. The number of benzene rings is 2. The number of aliphatic hydroxyl groups is 1. The molecule has 4 aromatic rings. The summed E-state index contributed by atoms with van der Waals surface area (Å²) in [7, 11) is 0. The number of pyridine rings is 2. The Bertz CT molecular complexity index is 2380. The molecule has 2 atom stereocenters. The molecule has 0 spiro atoms. The van der Waals surface area contributed by atoms with E-state index in [0.29, 0.717) is 63.1 Å². The third kappa shape index (κ3) is 7.12. The van der Waals surface area contributed by atoms with Gasteiger partial charge in [-0.05, 0) is 66.6 Å². The summed E-state index contributed by atoms with van der Waals surface area (Å²) in [6.07, 6.45) is 0.0102. The predicted octanol–water partition coefficient (Wildman–Crippen LogP) is 3.49. The second-order valence-corrected chi connectivity index (χ2v) is 14.1. The van der Waals surface area contributed by atoms with Gasteiger partial charge in [0, 0.05) is 41.6 Å². The normalized spacial score (nSPS) is 17.7. The number of esters is 1. The fraction of sp³-hybridized carbons (Fsp3) is 0.375. The third-order valence-corrected chi connectivity index (χ3v) is 10.5. The predicted molar refractivity (Wildman–Crippen MR) is 198 cm³/mol. The van der Waals surface area contributed by atoms with E-state index < -0.39 is 41.0 Å². The molecule has 16 heteroatoms. The molecule has 2 aliphatic heterocycles. The van der Waals surface area contributed by atoms with Gasteiger partial charge in [-0.2, -0.15) is 0 Å². The number of hydrogen-bond acceptors (Lipinski definition) is 11. The number of nitrogens with zero attached hydrogens (tertiary/aromatic N) is 2. The number of fused-ring (bicyclic) bond motifs is 5. The largest absolute Gasteiger partial charge is 0.458 e. The zero-order chi connectivity index (χ0) is 39.9. The molecular formula is C40H40FN5O10. The Morgan fingerprint density at radius 1 is 1.11 bits per heavy atom. The van der Waals surface area contributed by atoms with Gasteiger partial charge in [-0.25, -0.2) is 19.0 Å². The van der Waals surface area contributed by atoms with Crippen LogP contribution < -0.4 is 21.5 Å². The summed E-state index contributed by atoms with van der Waals surface area (Å²) in [6, 6.07) is 9.11. The summed E-state index contributed by atoms with van der Waals surface area (Å²) >= 11 is 0. The van der Waals surface area contributed by atoms with Crippen molar-refractivity contribution in [1.82, 2.24) is 20.2 Å². The van der Waals surface area contributed by atoms with Crippen LogP contribution in [-0.2, 0) is 65.2 Å². The molecule has 3 aliphatic rings. The number of amides is 3. The maximum absolute atomic E-state index is 15.2. The number of ketones is 1. The molecule has 1 aliphatic carbocycles. The summed E-state index contributed by atoms with van der Waals surface area (Å²) in [5.74, 6) is -2.27. The summed E-state index contributed by atoms with van der Waals surface area (Å²) in [6.45, 7) is 3.75. The number of alkyl carbamates (subject to hydrolysis) is 1. The number of cyclic esters (lactones) is 1. The molecule has 4 heterocycles. The van der Waals surface area contributed by atoms with E-state index in [2.05, 4.69) is 16.0 Å². The van der Waals surface area contributed by atoms with Crippen molar-refractivity contribution < 1.29 is 47.7 Å². The molecular weight excluding hydrogens is 729 g/mol. The number of carbonyl (C=O) groups is 5. The molecule has 3 amide bonds. The van der Waals surface area contributed by atoms with Gasteiger partial charge in [-0.15, -0.1) is 0 Å². The number of rotatable bonds is 12. The molecule has 0 fully saturated rings. The van der Waals surface area contributed by atoms with Gasteiger partial charge in [0.1, 0.15) is 25.6 Å². The minimum atomic E-state index is -2.01. The number of carbonyl (C=O) groups excluding carboxylic acids is 5. The van der Waals surface area contributed by atoms with Gasteiger partial charge in [0.2, 0.25) is 11.8 Å². The monoisotopic (exact) mass is 769 g/mol. The minimum absolute atomic E-state index is 0.0189. The molecule has 0 unspecified atom stereocenters. The van der Waals surface area contributed by atoms with E-state index in [1.165, 1.54) is 17.6 Å². The lowest BCUT2D eigenvalue weighted by Crippen LogP contribution is -2.44. The van der Waals surface area contributed by atoms with Crippen LogP contribution in [0.5, 0.6) is 0 Å². The highest BCUT2D eigenvalue weighted by molar-refractivity contribution is 5.94. The first-order chi connectivity index (χ1) is 26.8. The quantitative estimate of drug-likeness (QED) is 0.107. The van der Waals surface area contributed by atoms with Crippen LogP contribution in [0.15, 0.2) is 41.2 Å². The highest BCUT2D eigenvalue weighted by atomic mass is 19.1. The van der Waals surface area contributed by atoms with Crippen LogP contribution in [0.1, 0.15) is 78.1 Å². The van der Waals surface area contributed by atoms with Crippen LogP contribution in [0.4, 0.5) is 14.9 Å². The summed E-state index contributed by atoms with van der Waals surface area (Å²) in [5, 5.41) is 20.0. The topological polar surface area (TPSA) is 204 Å². The Hall–Kier alpha value is -6.00. The zero-order valence-electron chi connectivity index (χ0n) is 31.0. The van der Waals surface area contributed by atoms with E-state index in [-0.39, 0.29) is 75.2 Å². The summed E-state index contributed by atoms with van der Waals surface area (Å²) < 4.78 is 32.6. The maximum Gasteiger partial charge on any atom is 0.407 e. The highest BCUT2D eigenvalue weighted by Gasteiger charge is 2.46. The van der Waals surface area contributed by atoms with E-state index in [0.717, 1.165) is 5.56 Å². The molecule has 7 rings (SSSR count). The van der Waals surface area contributed by atoms with Crippen molar-refractivity contribution >= 4 is 46.3 Å². The van der Waals surface area contributed by atoms with Crippen LogP contribution in [-0.4, -0.2) is 64.1 Å². The smallest absolute Gasteiger partial charge is 0.407 e. The standard InChI is InChI=1S/C40H40FN5O10/c1-4-40(53)28-13-32-36-26(16-46(32)37(50)27(28)18-55-38(40)51)35-30(10-9-25-20(2)29(41)14-31(45-36)34(25)35)44-33(49)19-54-12-11-24(48)15-42-39(52)56-17-22-5-7-23(8-6-22)43-21(3)47/h5-8,13-14,30,53H,4,9-12,15-19H2,1-3H3,(H,42,52)(H,43,47)(H,44,49)/t30-,40-/m0/s1. The molecule has 292 valence electrons. The first-order valence-corrected chi connectivity index (χ1v) is 18.3. The fourth-order valence-corrected chi connectivity index (χ4v) is 7.63.